The minimum atomic E-state index is 0.804. The third-order valence-corrected chi connectivity index (χ3v) is 5.34. The molecule has 2 fully saturated rings. The lowest BCUT2D eigenvalue weighted by Gasteiger charge is -2.40. The molecule has 0 radical (unpaired) electrons. The summed E-state index contributed by atoms with van der Waals surface area (Å²) in [7, 11) is 3.43. The van der Waals surface area contributed by atoms with Crippen molar-refractivity contribution in [3.63, 3.8) is 0 Å². The summed E-state index contributed by atoms with van der Waals surface area (Å²) in [5.74, 6) is 1.71. The normalized spacial score (nSPS) is 21.3. The van der Waals surface area contributed by atoms with E-state index in [1.807, 2.05) is 6.07 Å². The molecular weight excluding hydrogens is 288 g/mol. The van der Waals surface area contributed by atoms with Gasteiger partial charge in [0, 0.05) is 18.2 Å². The Kier molecular flexibility index (Phi) is 5.79. The minimum absolute atomic E-state index is 0.804. The van der Waals surface area contributed by atoms with Gasteiger partial charge in [-0.3, -0.25) is 4.90 Å². The molecule has 2 saturated heterocycles. The average Bonchev–Trinajstić information content (AvgIpc) is 2.63. The molecule has 2 aliphatic rings. The minimum Gasteiger partial charge on any atom is -0.493 e. The lowest BCUT2D eigenvalue weighted by Crippen LogP contribution is -2.46. The molecule has 0 unspecified atom stereocenters. The molecule has 1 aromatic carbocycles. The Balaban J connectivity index is 1.56. The third kappa shape index (κ3) is 3.99. The van der Waals surface area contributed by atoms with Gasteiger partial charge >= 0.3 is 0 Å². The van der Waals surface area contributed by atoms with Crippen molar-refractivity contribution in [3.05, 3.63) is 23.8 Å². The quantitative estimate of drug-likeness (QED) is 0.832. The first-order valence-electron chi connectivity index (χ1n) is 8.98. The number of benzene rings is 1. The molecule has 23 heavy (non-hydrogen) atoms. The van der Waals surface area contributed by atoms with Gasteiger partial charge in [-0.2, -0.15) is 0 Å². The van der Waals surface area contributed by atoms with Gasteiger partial charge in [0.1, 0.15) is 0 Å². The molecule has 4 heteroatoms. The second kappa shape index (κ2) is 8.02. The van der Waals surface area contributed by atoms with Gasteiger partial charge in [-0.05, 0) is 57.9 Å². The van der Waals surface area contributed by atoms with E-state index in [0.717, 1.165) is 24.1 Å². The zero-order chi connectivity index (χ0) is 16.1. The Bertz CT molecular complexity index is 492. The highest BCUT2D eigenvalue weighted by atomic mass is 16.5. The number of hydrogen-bond acceptors (Lipinski definition) is 4. The Morgan fingerprint density at radius 2 is 1.70 bits per heavy atom. The van der Waals surface area contributed by atoms with Gasteiger partial charge in [-0.1, -0.05) is 18.6 Å². The summed E-state index contributed by atoms with van der Waals surface area (Å²) in [4.78, 5) is 5.28. The van der Waals surface area contributed by atoms with E-state index in [1.165, 1.54) is 63.8 Å². The van der Waals surface area contributed by atoms with Gasteiger partial charge in [0.25, 0.3) is 0 Å². The van der Waals surface area contributed by atoms with Crippen molar-refractivity contribution in [2.45, 2.75) is 44.7 Å². The maximum atomic E-state index is 5.57. The molecule has 0 N–H and O–H groups in total. The Labute approximate surface area is 140 Å². The van der Waals surface area contributed by atoms with Crippen LogP contribution >= 0.6 is 0 Å². The van der Waals surface area contributed by atoms with Crippen LogP contribution in [0.15, 0.2) is 18.2 Å². The van der Waals surface area contributed by atoms with Gasteiger partial charge < -0.3 is 14.4 Å². The van der Waals surface area contributed by atoms with Crippen molar-refractivity contribution >= 4 is 0 Å². The summed E-state index contributed by atoms with van der Waals surface area (Å²) < 4.78 is 11.0. The molecule has 1 aromatic rings. The first-order valence-corrected chi connectivity index (χ1v) is 8.98. The van der Waals surface area contributed by atoms with Gasteiger partial charge in [0.05, 0.1) is 14.2 Å². The summed E-state index contributed by atoms with van der Waals surface area (Å²) in [6.07, 6.45) is 6.80. The molecule has 3 rings (SSSR count). The maximum absolute atomic E-state index is 5.57. The van der Waals surface area contributed by atoms with Crippen LogP contribution in [0.25, 0.3) is 0 Å². The van der Waals surface area contributed by atoms with Gasteiger partial charge in [0.2, 0.25) is 0 Å². The van der Waals surface area contributed by atoms with E-state index in [9.17, 15) is 0 Å². The van der Waals surface area contributed by atoms with Crippen LogP contribution in [0.5, 0.6) is 11.5 Å². The topological polar surface area (TPSA) is 24.9 Å². The number of ether oxygens (including phenoxy) is 2. The van der Waals surface area contributed by atoms with Crippen molar-refractivity contribution in [1.82, 2.24) is 9.80 Å². The highest BCUT2D eigenvalue weighted by molar-refractivity contribution is 5.46. The van der Waals surface area contributed by atoms with Crippen LogP contribution < -0.4 is 9.47 Å². The Morgan fingerprint density at radius 3 is 2.35 bits per heavy atom. The van der Waals surface area contributed by atoms with Gasteiger partial charge in [-0.15, -0.1) is 0 Å². The van der Waals surface area contributed by atoms with Crippen molar-refractivity contribution in [2.75, 3.05) is 40.4 Å². The first kappa shape index (κ1) is 16.6. The fourth-order valence-corrected chi connectivity index (χ4v) is 4.05. The van der Waals surface area contributed by atoms with Crippen LogP contribution in [-0.4, -0.2) is 56.2 Å². The summed E-state index contributed by atoms with van der Waals surface area (Å²) in [5.41, 5.74) is 1.23. The van der Waals surface area contributed by atoms with Crippen LogP contribution in [0.4, 0.5) is 0 Å². The standard InChI is InChI=1S/C19H30N2O2/c1-22-18-8-6-7-16(19(18)23-2)15-20-13-9-17(10-14-20)21-11-4-3-5-12-21/h6-8,17H,3-5,9-15H2,1-2H3. The zero-order valence-corrected chi connectivity index (χ0v) is 14.6. The zero-order valence-electron chi connectivity index (χ0n) is 14.6. The molecule has 0 aliphatic carbocycles. The van der Waals surface area contributed by atoms with Crippen molar-refractivity contribution in [3.8, 4) is 11.5 Å². The Hall–Kier alpha value is -1.26. The van der Waals surface area contributed by atoms with Crippen LogP contribution in [0.1, 0.15) is 37.7 Å². The largest absolute Gasteiger partial charge is 0.493 e. The van der Waals surface area contributed by atoms with E-state index < -0.39 is 0 Å². The lowest BCUT2D eigenvalue weighted by molar-refractivity contribution is 0.0892. The van der Waals surface area contributed by atoms with Crippen LogP contribution in [0, 0.1) is 0 Å². The SMILES string of the molecule is COc1cccc(CN2CCC(N3CCCCC3)CC2)c1OC. The lowest BCUT2D eigenvalue weighted by atomic mass is 9.99. The number of nitrogens with zero attached hydrogens (tertiary/aromatic N) is 2. The van der Waals surface area contributed by atoms with Crippen LogP contribution in [-0.2, 0) is 6.54 Å². The predicted octanol–water partition coefficient (Wildman–Crippen LogP) is 3.15. The summed E-state index contributed by atoms with van der Waals surface area (Å²) in [5, 5.41) is 0. The van der Waals surface area contributed by atoms with Crippen LogP contribution in [0.3, 0.4) is 0 Å². The average molecular weight is 318 g/mol. The van der Waals surface area contributed by atoms with Crippen LogP contribution in [0.2, 0.25) is 0 Å². The fourth-order valence-electron chi connectivity index (χ4n) is 4.05. The molecule has 0 aromatic heterocycles. The Morgan fingerprint density at radius 1 is 0.957 bits per heavy atom. The molecule has 0 atom stereocenters. The number of methoxy groups -OCH3 is 2. The van der Waals surface area contributed by atoms with E-state index in [2.05, 4.69) is 21.9 Å². The summed E-state index contributed by atoms with van der Waals surface area (Å²) >= 11 is 0. The van der Waals surface area contributed by atoms with Crippen molar-refractivity contribution < 1.29 is 9.47 Å². The molecule has 2 aliphatic heterocycles. The molecule has 128 valence electrons. The fraction of sp³-hybridized carbons (Fsp3) is 0.684. The number of para-hydroxylation sites is 1. The van der Waals surface area contributed by atoms with Crippen molar-refractivity contribution in [1.29, 1.82) is 0 Å². The summed E-state index contributed by atoms with van der Waals surface area (Å²) in [6, 6.07) is 6.97. The number of piperidine rings is 2. The monoisotopic (exact) mass is 318 g/mol. The second-order valence-electron chi connectivity index (χ2n) is 6.76. The molecule has 2 heterocycles. The highest BCUT2D eigenvalue weighted by Gasteiger charge is 2.26. The van der Waals surface area contributed by atoms with E-state index in [1.54, 1.807) is 14.2 Å². The first-order chi connectivity index (χ1) is 11.3. The molecule has 0 amide bonds. The van der Waals surface area contributed by atoms with Gasteiger partial charge in [-0.25, -0.2) is 0 Å². The number of hydrogen-bond donors (Lipinski definition) is 0. The number of rotatable bonds is 5. The second-order valence-corrected chi connectivity index (χ2v) is 6.76. The molecule has 0 saturated carbocycles. The molecular formula is C19H30N2O2. The molecule has 0 bridgehead atoms. The third-order valence-electron chi connectivity index (χ3n) is 5.34. The van der Waals surface area contributed by atoms with E-state index in [0.29, 0.717) is 0 Å². The predicted molar refractivity (Wildman–Crippen MR) is 93.3 cm³/mol. The van der Waals surface area contributed by atoms with Gasteiger partial charge in [0.15, 0.2) is 11.5 Å². The molecule has 4 nitrogen and oxygen atoms in total. The summed E-state index contributed by atoms with van der Waals surface area (Å²) in [6.45, 7) is 5.94. The van der Waals surface area contributed by atoms with Crippen molar-refractivity contribution in [2.24, 2.45) is 0 Å². The van der Waals surface area contributed by atoms with E-state index >= 15 is 0 Å². The maximum Gasteiger partial charge on any atom is 0.165 e. The molecule has 0 spiro atoms. The smallest absolute Gasteiger partial charge is 0.165 e. The van der Waals surface area contributed by atoms with E-state index in [4.69, 9.17) is 9.47 Å². The highest BCUT2D eigenvalue weighted by Crippen LogP contribution is 2.32. The van der Waals surface area contributed by atoms with E-state index in [-0.39, 0.29) is 0 Å². The number of likely N-dealkylation sites (tertiary alicyclic amines) is 2.